The van der Waals surface area contributed by atoms with Crippen LogP contribution in [0.25, 0.3) is 0 Å². The van der Waals surface area contributed by atoms with Crippen molar-refractivity contribution in [3.8, 4) is 17.2 Å². The first-order valence-corrected chi connectivity index (χ1v) is 6.49. The van der Waals surface area contributed by atoms with E-state index in [1.165, 1.54) is 0 Å². The SMILES string of the molecule is COc1cc(C(Cl)c2ccccn2)cc(OC)c1OC. The number of aromatic nitrogens is 1. The van der Waals surface area contributed by atoms with Gasteiger partial charge >= 0.3 is 0 Å². The molecule has 106 valence electrons. The Balaban J connectivity index is 2.47. The summed E-state index contributed by atoms with van der Waals surface area (Å²) in [6.45, 7) is 0. The predicted octanol–water partition coefficient (Wildman–Crippen LogP) is 3.44. The van der Waals surface area contributed by atoms with Crippen molar-refractivity contribution in [2.75, 3.05) is 21.3 Å². The topological polar surface area (TPSA) is 40.6 Å². The van der Waals surface area contributed by atoms with Gasteiger partial charge in [-0.2, -0.15) is 0 Å². The molecule has 1 heterocycles. The third kappa shape index (κ3) is 2.80. The normalized spacial score (nSPS) is 11.8. The van der Waals surface area contributed by atoms with Crippen LogP contribution >= 0.6 is 11.6 Å². The summed E-state index contributed by atoms with van der Waals surface area (Å²) in [4.78, 5) is 4.26. The van der Waals surface area contributed by atoms with Gasteiger partial charge in [0.15, 0.2) is 11.5 Å². The monoisotopic (exact) mass is 293 g/mol. The number of benzene rings is 1. The lowest BCUT2D eigenvalue weighted by atomic mass is 10.1. The number of halogens is 1. The molecule has 1 unspecified atom stereocenters. The quantitative estimate of drug-likeness (QED) is 0.792. The molecule has 2 rings (SSSR count). The molecular weight excluding hydrogens is 278 g/mol. The fourth-order valence-electron chi connectivity index (χ4n) is 1.94. The number of rotatable bonds is 5. The molecule has 1 aromatic heterocycles. The van der Waals surface area contributed by atoms with E-state index < -0.39 is 0 Å². The van der Waals surface area contributed by atoms with Gasteiger partial charge in [0.25, 0.3) is 0 Å². The second-order valence-electron chi connectivity index (χ2n) is 4.08. The van der Waals surface area contributed by atoms with Crippen LogP contribution in [-0.2, 0) is 0 Å². The molecule has 1 atom stereocenters. The fraction of sp³-hybridized carbons (Fsp3) is 0.267. The van der Waals surface area contributed by atoms with E-state index in [1.54, 1.807) is 27.5 Å². The Morgan fingerprint density at radius 1 is 1.00 bits per heavy atom. The summed E-state index contributed by atoms with van der Waals surface area (Å²) in [5.41, 5.74) is 1.60. The Labute approximate surface area is 123 Å². The Morgan fingerprint density at radius 3 is 2.10 bits per heavy atom. The maximum atomic E-state index is 6.47. The Morgan fingerprint density at radius 2 is 1.65 bits per heavy atom. The fourth-order valence-corrected chi connectivity index (χ4v) is 2.20. The zero-order chi connectivity index (χ0) is 14.5. The van der Waals surface area contributed by atoms with Crippen LogP contribution in [0, 0.1) is 0 Å². The van der Waals surface area contributed by atoms with Crippen molar-refractivity contribution < 1.29 is 14.2 Å². The Hall–Kier alpha value is -1.94. The molecule has 0 spiro atoms. The van der Waals surface area contributed by atoms with Crippen molar-refractivity contribution >= 4 is 11.6 Å². The Bertz CT molecular complexity index is 550. The highest BCUT2D eigenvalue weighted by molar-refractivity contribution is 6.22. The highest BCUT2D eigenvalue weighted by atomic mass is 35.5. The van der Waals surface area contributed by atoms with Crippen LogP contribution in [0.4, 0.5) is 0 Å². The van der Waals surface area contributed by atoms with Gasteiger partial charge in [-0.05, 0) is 29.8 Å². The maximum absolute atomic E-state index is 6.47. The van der Waals surface area contributed by atoms with Gasteiger partial charge in [-0.1, -0.05) is 6.07 Å². The molecule has 0 aliphatic heterocycles. The second kappa shape index (κ2) is 6.48. The summed E-state index contributed by atoms with van der Waals surface area (Å²) in [5, 5.41) is -0.384. The molecule has 0 saturated carbocycles. The highest BCUT2D eigenvalue weighted by Crippen LogP contribution is 2.41. The first-order valence-electron chi connectivity index (χ1n) is 6.06. The number of hydrogen-bond donors (Lipinski definition) is 0. The molecule has 4 nitrogen and oxygen atoms in total. The van der Waals surface area contributed by atoms with Crippen molar-refractivity contribution in [1.29, 1.82) is 0 Å². The molecule has 0 radical (unpaired) electrons. The van der Waals surface area contributed by atoms with E-state index in [-0.39, 0.29) is 5.38 Å². The van der Waals surface area contributed by atoms with E-state index >= 15 is 0 Å². The minimum absolute atomic E-state index is 0.384. The van der Waals surface area contributed by atoms with Crippen LogP contribution in [0.2, 0.25) is 0 Å². The summed E-state index contributed by atoms with van der Waals surface area (Å²) in [7, 11) is 4.72. The van der Waals surface area contributed by atoms with Crippen molar-refractivity contribution in [2.45, 2.75) is 5.38 Å². The van der Waals surface area contributed by atoms with Crippen molar-refractivity contribution in [1.82, 2.24) is 4.98 Å². The van der Waals surface area contributed by atoms with Crippen LogP contribution < -0.4 is 14.2 Å². The number of ether oxygens (including phenoxy) is 3. The standard InChI is InChI=1S/C15H16ClNO3/c1-18-12-8-10(9-13(19-2)15(12)20-3)14(16)11-6-4-5-7-17-11/h4-9,14H,1-3H3. The van der Waals surface area contributed by atoms with E-state index in [0.717, 1.165) is 11.3 Å². The lowest BCUT2D eigenvalue weighted by molar-refractivity contribution is 0.324. The number of methoxy groups -OCH3 is 3. The minimum Gasteiger partial charge on any atom is -0.493 e. The second-order valence-corrected chi connectivity index (χ2v) is 4.51. The van der Waals surface area contributed by atoms with E-state index in [1.807, 2.05) is 30.3 Å². The van der Waals surface area contributed by atoms with Crippen LogP contribution in [0.1, 0.15) is 16.6 Å². The summed E-state index contributed by atoms with van der Waals surface area (Å²) in [5.74, 6) is 1.69. The predicted molar refractivity (Wildman–Crippen MR) is 78.0 cm³/mol. The molecule has 2 aromatic rings. The molecule has 0 bridgehead atoms. The molecule has 20 heavy (non-hydrogen) atoms. The van der Waals surface area contributed by atoms with Gasteiger partial charge in [0, 0.05) is 6.20 Å². The molecule has 0 aliphatic rings. The number of nitrogens with zero attached hydrogens (tertiary/aromatic N) is 1. The van der Waals surface area contributed by atoms with Gasteiger partial charge in [-0.25, -0.2) is 0 Å². The third-order valence-electron chi connectivity index (χ3n) is 2.93. The number of alkyl halides is 1. The molecule has 0 saturated heterocycles. The zero-order valence-electron chi connectivity index (χ0n) is 11.6. The summed E-state index contributed by atoms with van der Waals surface area (Å²) >= 11 is 6.47. The summed E-state index contributed by atoms with van der Waals surface area (Å²) < 4.78 is 15.9. The molecule has 5 heteroatoms. The summed E-state index contributed by atoms with van der Waals surface area (Å²) in [6.07, 6.45) is 1.71. The van der Waals surface area contributed by atoms with Crippen LogP contribution in [0.5, 0.6) is 17.2 Å². The first kappa shape index (κ1) is 14.5. The van der Waals surface area contributed by atoms with Crippen molar-refractivity contribution in [3.63, 3.8) is 0 Å². The molecule has 0 amide bonds. The molecule has 0 aliphatic carbocycles. The van der Waals surface area contributed by atoms with Gasteiger partial charge < -0.3 is 14.2 Å². The van der Waals surface area contributed by atoms with Gasteiger partial charge in [0.05, 0.1) is 27.0 Å². The van der Waals surface area contributed by atoms with E-state index in [4.69, 9.17) is 25.8 Å². The lowest BCUT2D eigenvalue weighted by Gasteiger charge is -2.16. The maximum Gasteiger partial charge on any atom is 0.203 e. The average molecular weight is 294 g/mol. The lowest BCUT2D eigenvalue weighted by Crippen LogP contribution is -2.00. The summed E-state index contributed by atoms with van der Waals surface area (Å²) in [6, 6.07) is 9.28. The van der Waals surface area contributed by atoms with E-state index in [0.29, 0.717) is 17.2 Å². The molecule has 0 fully saturated rings. The van der Waals surface area contributed by atoms with E-state index in [2.05, 4.69) is 4.98 Å². The smallest absolute Gasteiger partial charge is 0.203 e. The van der Waals surface area contributed by atoms with Crippen molar-refractivity contribution in [2.24, 2.45) is 0 Å². The van der Waals surface area contributed by atoms with Gasteiger partial charge in [0.1, 0.15) is 5.38 Å². The highest BCUT2D eigenvalue weighted by Gasteiger charge is 2.19. The Kier molecular flexibility index (Phi) is 4.69. The molecule has 1 aromatic carbocycles. The van der Waals surface area contributed by atoms with Crippen LogP contribution in [0.15, 0.2) is 36.5 Å². The van der Waals surface area contributed by atoms with Crippen molar-refractivity contribution in [3.05, 3.63) is 47.8 Å². The largest absolute Gasteiger partial charge is 0.493 e. The number of hydrogen-bond acceptors (Lipinski definition) is 4. The molecular formula is C15H16ClNO3. The first-order chi connectivity index (χ1) is 9.71. The van der Waals surface area contributed by atoms with Crippen LogP contribution in [0.3, 0.4) is 0 Å². The third-order valence-corrected chi connectivity index (χ3v) is 3.40. The van der Waals surface area contributed by atoms with Gasteiger partial charge in [-0.3, -0.25) is 4.98 Å². The van der Waals surface area contributed by atoms with E-state index in [9.17, 15) is 0 Å². The average Bonchev–Trinajstić information content (AvgIpc) is 2.53. The van der Waals surface area contributed by atoms with Crippen LogP contribution in [-0.4, -0.2) is 26.3 Å². The van der Waals surface area contributed by atoms with Gasteiger partial charge in [0.2, 0.25) is 5.75 Å². The number of pyridine rings is 1. The minimum atomic E-state index is -0.384. The zero-order valence-corrected chi connectivity index (χ0v) is 12.3. The van der Waals surface area contributed by atoms with Gasteiger partial charge in [-0.15, -0.1) is 11.6 Å². The molecule has 0 N–H and O–H groups in total.